The van der Waals surface area contributed by atoms with E-state index in [1.165, 1.54) is 32.7 Å². The third-order valence-electron chi connectivity index (χ3n) is 8.80. The number of benzene rings is 8. The number of fused-ring (bicyclic) bond motifs is 8. The van der Waals surface area contributed by atoms with Gasteiger partial charge in [-0.1, -0.05) is 127 Å². The van der Waals surface area contributed by atoms with Crippen molar-refractivity contribution in [3.63, 3.8) is 0 Å². The van der Waals surface area contributed by atoms with Crippen LogP contribution in [-0.2, 0) is 0 Å². The number of furan rings is 1. The molecule has 0 spiro atoms. The highest BCUT2D eigenvalue weighted by Gasteiger charge is 2.22. The van der Waals surface area contributed by atoms with Crippen molar-refractivity contribution in [3.8, 4) is 11.1 Å². The first-order chi connectivity index (χ1) is 21.8. The quantitative estimate of drug-likeness (QED) is 0.199. The van der Waals surface area contributed by atoms with E-state index < -0.39 is 0 Å². The zero-order valence-corrected chi connectivity index (χ0v) is 23.9. The Kier molecular flexibility index (Phi) is 5.54. The molecule has 0 aliphatic rings. The van der Waals surface area contributed by atoms with Crippen LogP contribution in [0.1, 0.15) is 0 Å². The van der Waals surface area contributed by atoms with Gasteiger partial charge in [-0.3, -0.25) is 0 Å². The fraction of sp³-hybridized carbons (Fsp3) is 0. The Hall–Kier alpha value is -5.86. The van der Waals surface area contributed by atoms with Crippen molar-refractivity contribution >= 4 is 71.3 Å². The molecule has 0 atom stereocenters. The van der Waals surface area contributed by atoms with Crippen LogP contribution in [-0.4, -0.2) is 0 Å². The maximum atomic E-state index is 6.65. The van der Waals surface area contributed by atoms with E-state index in [1.54, 1.807) is 0 Å². The van der Waals surface area contributed by atoms with Gasteiger partial charge < -0.3 is 9.32 Å². The van der Waals surface area contributed by atoms with Crippen LogP contribution in [0.5, 0.6) is 0 Å². The molecule has 0 saturated heterocycles. The van der Waals surface area contributed by atoms with Gasteiger partial charge in [-0.15, -0.1) is 0 Å². The maximum absolute atomic E-state index is 6.65. The van der Waals surface area contributed by atoms with Crippen LogP contribution in [0.15, 0.2) is 168 Å². The van der Waals surface area contributed by atoms with E-state index in [0.717, 1.165) is 49.8 Å². The smallest absolute Gasteiger partial charge is 0.145 e. The number of rotatable bonds is 4. The average Bonchev–Trinajstić information content (AvgIpc) is 3.48. The minimum absolute atomic E-state index is 0.901. The highest BCUT2D eigenvalue weighted by Crippen LogP contribution is 2.47. The molecule has 0 radical (unpaired) electrons. The summed E-state index contributed by atoms with van der Waals surface area (Å²) in [5.74, 6) is 0. The second-order valence-corrected chi connectivity index (χ2v) is 11.3. The molecule has 0 amide bonds. The zero-order valence-electron chi connectivity index (χ0n) is 23.9. The van der Waals surface area contributed by atoms with Crippen LogP contribution in [0.3, 0.4) is 0 Å². The van der Waals surface area contributed by atoms with E-state index in [1.807, 2.05) is 6.07 Å². The summed E-state index contributed by atoms with van der Waals surface area (Å²) in [5.41, 5.74) is 7.48. The predicted octanol–water partition coefficient (Wildman–Crippen LogP) is 12.2. The lowest BCUT2D eigenvalue weighted by Crippen LogP contribution is -2.11. The van der Waals surface area contributed by atoms with Gasteiger partial charge in [0.1, 0.15) is 11.2 Å². The predicted molar refractivity (Wildman–Crippen MR) is 186 cm³/mol. The summed E-state index contributed by atoms with van der Waals surface area (Å²) < 4.78 is 6.65. The van der Waals surface area contributed by atoms with Crippen LogP contribution in [0.4, 0.5) is 17.1 Å². The van der Waals surface area contributed by atoms with Crippen molar-refractivity contribution in [2.24, 2.45) is 0 Å². The molecule has 206 valence electrons. The van der Waals surface area contributed by atoms with Gasteiger partial charge in [-0.05, 0) is 69.1 Å². The number of hydrogen-bond donors (Lipinski definition) is 0. The molecular weight excluding hydrogens is 534 g/mol. The van der Waals surface area contributed by atoms with Crippen molar-refractivity contribution in [2.45, 2.75) is 0 Å². The number of nitrogens with zero attached hydrogens (tertiary/aromatic N) is 1. The van der Waals surface area contributed by atoms with Crippen molar-refractivity contribution < 1.29 is 4.42 Å². The highest BCUT2D eigenvalue weighted by molar-refractivity contribution is 6.21. The molecule has 0 unspecified atom stereocenters. The molecule has 0 N–H and O–H groups in total. The van der Waals surface area contributed by atoms with E-state index >= 15 is 0 Å². The molecule has 8 aromatic carbocycles. The topological polar surface area (TPSA) is 16.4 Å². The van der Waals surface area contributed by atoms with Crippen LogP contribution in [0.25, 0.3) is 65.4 Å². The second-order valence-electron chi connectivity index (χ2n) is 11.3. The van der Waals surface area contributed by atoms with Gasteiger partial charge in [0.25, 0.3) is 0 Å². The SMILES string of the molecule is c1ccc(-c2cccc(N(c3cc4ccccc4c4ccccc34)c3cccc4ccc5c6ccccc6oc5c34)c2)cc1. The van der Waals surface area contributed by atoms with E-state index in [4.69, 9.17) is 4.42 Å². The number of para-hydroxylation sites is 1. The first kappa shape index (κ1) is 24.7. The average molecular weight is 562 g/mol. The van der Waals surface area contributed by atoms with Gasteiger partial charge in [0.05, 0.1) is 11.4 Å². The Morgan fingerprint density at radius 1 is 0.386 bits per heavy atom. The minimum atomic E-state index is 0.901. The summed E-state index contributed by atoms with van der Waals surface area (Å²) in [4.78, 5) is 2.43. The molecule has 9 aromatic rings. The largest absolute Gasteiger partial charge is 0.455 e. The standard InChI is InChI=1S/C42H27NO/c1-2-12-28(13-3-1)30-16-10-17-32(26-30)43(39-27-31-14-4-5-18-33(31)34-19-6-7-20-35(34)39)38-22-11-15-29-24-25-37-36-21-8-9-23-40(36)44-42(37)41(29)38/h1-27H. The van der Waals surface area contributed by atoms with Gasteiger partial charge in [-0.2, -0.15) is 0 Å². The summed E-state index contributed by atoms with van der Waals surface area (Å²) in [6.07, 6.45) is 0. The summed E-state index contributed by atoms with van der Waals surface area (Å²) in [7, 11) is 0. The van der Waals surface area contributed by atoms with Crippen LogP contribution in [0, 0.1) is 0 Å². The molecule has 0 aliphatic heterocycles. The summed E-state index contributed by atoms with van der Waals surface area (Å²) in [5, 5.41) is 9.40. The molecule has 9 rings (SSSR count). The Labute approximate surface area is 255 Å². The fourth-order valence-corrected chi connectivity index (χ4v) is 6.80. The maximum Gasteiger partial charge on any atom is 0.145 e. The van der Waals surface area contributed by atoms with Gasteiger partial charge in [-0.25, -0.2) is 0 Å². The lowest BCUT2D eigenvalue weighted by Gasteiger charge is -2.29. The Morgan fingerprint density at radius 2 is 1.07 bits per heavy atom. The third kappa shape index (κ3) is 3.82. The molecule has 0 saturated carbocycles. The van der Waals surface area contributed by atoms with Crippen LogP contribution < -0.4 is 4.90 Å². The number of anilines is 3. The number of hydrogen-bond acceptors (Lipinski definition) is 2. The molecule has 2 heteroatoms. The van der Waals surface area contributed by atoms with Crippen molar-refractivity contribution in [2.75, 3.05) is 4.90 Å². The second kappa shape index (κ2) is 9.86. The monoisotopic (exact) mass is 561 g/mol. The first-order valence-electron chi connectivity index (χ1n) is 15.0. The summed E-state index contributed by atoms with van der Waals surface area (Å²) in [6.45, 7) is 0. The molecule has 0 fully saturated rings. The van der Waals surface area contributed by atoms with Gasteiger partial charge >= 0.3 is 0 Å². The van der Waals surface area contributed by atoms with Gasteiger partial charge in [0.2, 0.25) is 0 Å². The van der Waals surface area contributed by atoms with E-state index in [0.29, 0.717) is 0 Å². The Bertz CT molecular complexity index is 2510. The highest BCUT2D eigenvalue weighted by atomic mass is 16.3. The lowest BCUT2D eigenvalue weighted by atomic mass is 9.97. The van der Waals surface area contributed by atoms with Gasteiger partial charge in [0, 0.05) is 27.2 Å². The van der Waals surface area contributed by atoms with Gasteiger partial charge in [0.15, 0.2) is 0 Å². The molecule has 1 heterocycles. The van der Waals surface area contributed by atoms with E-state index in [9.17, 15) is 0 Å². The van der Waals surface area contributed by atoms with Crippen LogP contribution in [0.2, 0.25) is 0 Å². The Balaban J connectivity index is 1.42. The van der Waals surface area contributed by atoms with Crippen molar-refractivity contribution in [1.82, 2.24) is 0 Å². The fourth-order valence-electron chi connectivity index (χ4n) is 6.80. The minimum Gasteiger partial charge on any atom is -0.455 e. The third-order valence-corrected chi connectivity index (χ3v) is 8.80. The molecule has 44 heavy (non-hydrogen) atoms. The first-order valence-corrected chi connectivity index (χ1v) is 15.0. The van der Waals surface area contributed by atoms with Crippen molar-refractivity contribution in [1.29, 1.82) is 0 Å². The summed E-state index contributed by atoms with van der Waals surface area (Å²) >= 11 is 0. The molecular formula is C42H27NO. The van der Waals surface area contributed by atoms with E-state index in [-0.39, 0.29) is 0 Å². The molecule has 2 nitrogen and oxygen atoms in total. The molecule has 0 aliphatic carbocycles. The summed E-state index contributed by atoms with van der Waals surface area (Å²) in [6, 6.07) is 58.5. The Morgan fingerprint density at radius 3 is 1.95 bits per heavy atom. The lowest BCUT2D eigenvalue weighted by molar-refractivity contribution is 0.672. The van der Waals surface area contributed by atoms with Crippen LogP contribution >= 0.6 is 0 Å². The molecule has 1 aromatic heterocycles. The zero-order chi connectivity index (χ0) is 29.0. The molecule has 0 bridgehead atoms. The normalized spacial score (nSPS) is 11.6. The van der Waals surface area contributed by atoms with E-state index in [2.05, 4.69) is 163 Å². The van der Waals surface area contributed by atoms with Crippen molar-refractivity contribution in [3.05, 3.63) is 164 Å².